The van der Waals surface area contributed by atoms with Gasteiger partial charge in [0.2, 0.25) is 5.88 Å². The Hall–Kier alpha value is -2.49. The van der Waals surface area contributed by atoms with E-state index in [4.69, 9.17) is 4.42 Å². The first-order valence-corrected chi connectivity index (χ1v) is 8.09. The van der Waals surface area contributed by atoms with Gasteiger partial charge in [0.25, 0.3) is 10.0 Å². The summed E-state index contributed by atoms with van der Waals surface area (Å²) in [5.74, 6) is -1.41. The normalized spacial score (nSPS) is 17.1. The smallest absolute Gasteiger partial charge is 0.407 e. The highest BCUT2D eigenvalue weighted by Gasteiger charge is 2.46. The third kappa shape index (κ3) is 2.52. The average Bonchev–Trinajstić information content (AvgIpc) is 2.94. The molecule has 0 saturated carbocycles. The van der Waals surface area contributed by atoms with Crippen LogP contribution in [0, 0.1) is 6.92 Å². The highest BCUT2D eigenvalue weighted by atomic mass is 32.2. The maximum atomic E-state index is 12.8. The van der Waals surface area contributed by atoms with Crippen LogP contribution in [-0.4, -0.2) is 31.2 Å². The molecule has 0 bridgehead atoms. The summed E-state index contributed by atoms with van der Waals surface area (Å²) in [6.45, 7) is -0.211. The molecule has 0 aliphatic carbocycles. The molecule has 0 radical (unpaired) electrons. The van der Waals surface area contributed by atoms with E-state index in [1.54, 1.807) is 19.1 Å². The van der Waals surface area contributed by atoms with E-state index in [9.17, 15) is 26.7 Å². The van der Waals surface area contributed by atoms with Crippen LogP contribution >= 0.6 is 0 Å². The van der Waals surface area contributed by atoms with Gasteiger partial charge >= 0.3 is 6.18 Å². The van der Waals surface area contributed by atoms with Crippen LogP contribution in [0.5, 0.6) is 0 Å². The van der Waals surface area contributed by atoms with Crippen molar-refractivity contribution in [3.05, 3.63) is 47.5 Å². The lowest BCUT2D eigenvalue weighted by molar-refractivity contribution is -0.117. The summed E-state index contributed by atoms with van der Waals surface area (Å²) < 4.78 is 68.8. The lowest BCUT2D eigenvalue weighted by Gasteiger charge is -2.28. The third-order valence-electron chi connectivity index (χ3n) is 3.48. The van der Waals surface area contributed by atoms with Crippen molar-refractivity contribution in [3.8, 4) is 0 Å². The van der Waals surface area contributed by atoms with Crippen molar-refractivity contribution < 1.29 is 31.1 Å². The Kier molecular flexibility index (Phi) is 3.59. The third-order valence-corrected chi connectivity index (χ3v) is 5.28. The molecule has 0 atom stereocenters. The quantitative estimate of drug-likeness (QED) is 0.890. The largest absolute Gasteiger partial charge is 0.504 e. The Morgan fingerprint density at radius 2 is 1.96 bits per heavy atom. The molecule has 10 heteroatoms. The zero-order valence-electron chi connectivity index (χ0n) is 12.2. The van der Waals surface area contributed by atoms with Gasteiger partial charge in [-0.15, -0.1) is 0 Å². The molecule has 24 heavy (non-hydrogen) atoms. The number of aromatic nitrogens is 1. The van der Waals surface area contributed by atoms with Crippen molar-refractivity contribution in [2.45, 2.75) is 13.1 Å². The first kappa shape index (κ1) is 16.4. The monoisotopic (exact) mass is 360 g/mol. The molecule has 0 saturated heterocycles. The number of halogens is 3. The van der Waals surface area contributed by atoms with E-state index < -0.39 is 39.3 Å². The summed E-state index contributed by atoms with van der Waals surface area (Å²) in [6.07, 6.45) is -4.03. The van der Waals surface area contributed by atoms with E-state index in [1.165, 1.54) is 12.1 Å². The molecule has 0 amide bonds. The van der Waals surface area contributed by atoms with E-state index in [1.807, 2.05) is 0 Å². The lowest BCUT2D eigenvalue weighted by atomic mass is 10.1. The Morgan fingerprint density at radius 1 is 1.29 bits per heavy atom. The van der Waals surface area contributed by atoms with E-state index in [-0.39, 0.29) is 15.6 Å². The van der Waals surface area contributed by atoms with Gasteiger partial charge in [-0.05, 0) is 12.5 Å². The number of alkyl halides is 3. The van der Waals surface area contributed by atoms with Crippen molar-refractivity contribution >= 4 is 26.6 Å². The highest BCUT2D eigenvalue weighted by Crippen LogP contribution is 2.43. The lowest BCUT2D eigenvalue weighted by Crippen LogP contribution is -2.41. The predicted octanol–water partition coefficient (Wildman–Crippen LogP) is 3.08. The van der Waals surface area contributed by atoms with Crippen molar-refractivity contribution in [3.63, 3.8) is 0 Å². The van der Waals surface area contributed by atoms with Gasteiger partial charge in [-0.25, -0.2) is 17.7 Å². The van der Waals surface area contributed by atoms with Crippen LogP contribution in [0.2, 0.25) is 0 Å². The number of hydrogen-bond donors (Lipinski definition) is 1. The zero-order chi connectivity index (χ0) is 17.7. The van der Waals surface area contributed by atoms with Crippen LogP contribution in [0.15, 0.2) is 35.1 Å². The van der Waals surface area contributed by atoms with E-state index in [2.05, 4.69) is 4.98 Å². The summed E-state index contributed by atoms with van der Waals surface area (Å²) in [7, 11) is -4.70. The van der Waals surface area contributed by atoms with Crippen LogP contribution in [0.25, 0.3) is 10.7 Å². The van der Waals surface area contributed by atoms with Crippen LogP contribution < -0.4 is 4.31 Å². The molecule has 1 aromatic carbocycles. The molecule has 1 aliphatic rings. The van der Waals surface area contributed by atoms with E-state index >= 15 is 0 Å². The van der Waals surface area contributed by atoms with Gasteiger partial charge in [0, 0.05) is 5.56 Å². The summed E-state index contributed by atoms with van der Waals surface area (Å²) in [6, 6.07) is 6.14. The van der Waals surface area contributed by atoms with Crippen molar-refractivity contribution in [1.29, 1.82) is 0 Å². The second-order valence-corrected chi connectivity index (χ2v) is 6.92. The van der Waals surface area contributed by atoms with Crippen LogP contribution in [-0.2, 0) is 10.0 Å². The number of anilines is 1. The molecule has 1 aliphatic heterocycles. The van der Waals surface area contributed by atoms with Crippen LogP contribution in [0.1, 0.15) is 16.8 Å². The highest BCUT2D eigenvalue weighted by molar-refractivity contribution is 8.02. The standard InChI is InChI=1S/C14H11F3N2O4S/c1-8-4-2-3-5-9(8)12-11(20)10-13(23-7-18-10)19(24(12,21)22)6-14(15,16)17/h2-5,7,20H,6H2,1H3. The number of benzene rings is 1. The maximum absolute atomic E-state index is 12.8. The molecule has 0 fully saturated rings. The number of aliphatic hydroxyl groups is 1. The number of aryl methyl sites for hydroxylation is 1. The summed E-state index contributed by atoms with van der Waals surface area (Å²) >= 11 is 0. The molecule has 0 unspecified atom stereocenters. The number of hydrogen-bond acceptors (Lipinski definition) is 5. The molecule has 128 valence electrons. The SMILES string of the molecule is Cc1ccccc1C1=C(O)c2ncoc2N(CC(F)(F)F)S1(=O)=O. The second-order valence-electron chi connectivity index (χ2n) is 5.13. The average molecular weight is 360 g/mol. The molecule has 0 spiro atoms. The number of rotatable bonds is 2. The molecular formula is C14H11F3N2O4S. The molecule has 1 aromatic heterocycles. The number of sulfonamides is 1. The van der Waals surface area contributed by atoms with Crippen LogP contribution in [0.3, 0.4) is 0 Å². The van der Waals surface area contributed by atoms with Crippen molar-refractivity contribution in [2.75, 3.05) is 10.8 Å². The van der Waals surface area contributed by atoms with Gasteiger partial charge in [0.1, 0.15) is 11.4 Å². The number of fused-ring (bicyclic) bond motifs is 1. The van der Waals surface area contributed by atoms with Crippen molar-refractivity contribution in [2.24, 2.45) is 0 Å². The number of nitrogens with zero attached hydrogens (tertiary/aromatic N) is 2. The van der Waals surface area contributed by atoms with E-state index in [0.29, 0.717) is 5.56 Å². The first-order chi connectivity index (χ1) is 11.1. The Bertz CT molecular complexity index is 931. The number of oxazole rings is 1. The minimum Gasteiger partial charge on any atom is -0.504 e. The van der Waals surface area contributed by atoms with Gasteiger partial charge in [0.15, 0.2) is 17.8 Å². The molecule has 1 N–H and O–H groups in total. The molecule has 6 nitrogen and oxygen atoms in total. The Labute approximate surface area is 134 Å². The fourth-order valence-corrected chi connectivity index (χ4v) is 4.17. The first-order valence-electron chi connectivity index (χ1n) is 6.65. The van der Waals surface area contributed by atoms with Gasteiger partial charge in [-0.3, -0.25) is 0 Å². The predicted molar refractivity (Wildman–Crippen MR) is 79.4 cm³/mol. The zero-order valence-corrected chi connectivity index (χ0v) is 13.0. The topological polar surface area (TPSA) is 83.6 Å². The van der Waals surface area contributed by atoms with Crippen molar-refractivity contribution in [1.82, 2.24) is 4.98 Å². The minimum absolute atomic E-state index is 0.0663. The van der Waals surface area contributed by atoms with Gasteiger partial charge in [-0.1, -0.05) is 24.3 Å². The Balaban J connectivity index is 2.29. The summed E-state index contributed by atoms with van der Waals surface area (Å²) in [5, 5.41) is 10.3. The fraction of sp³-hybridized carbons (Fsp3) is 0.214. The second kappa shape index (κ2) is 5.26. The Morgan fingerprint density at radius 3 is 2.58 bits per heavy atom. The van der Waals surface area contributed by atoms with E-state index in [0.717, 1.165) is 6.39 Å². The minimum atomic E-state index is -4.80. The molecule has 2 heterocycles. The van der Waals surface area contributed by atoms with Gasteiger partial charge in [0.05, 0.1) is 0 Å². The van der Waals surface area contributed by atoms with Crippen LogP contribution in [0.4, 0.5) is 19.1 Å². The number of aliphatic hydroxyl groups excluding tert-OH is 1. The fourth-order valence-electron chi connectivity index (χ4n) is 2.44. The maximum Gasteiger partial charge on any atom is 0.407 e. The summed E-state index contributed by atoms with van der Waals surface area (Å²) in [4.78, 5) is 3.01. The summed E-state index contributed by atoms with van der Waals surface area (Å²) in [5.41, 5.74) is 0.213. The molecular weight excluding hydrogens is 349 g/mol. The molecule has 2 aromatic rings. The van der Waals surface area contributed by atoms with Gasteiger partial charge in [-0.2, -0.15) is 13.2 Å². The van der Waals surface area contributed by atoms with Gasteiger partial charge < -0.3 is 9.52 Å². The molecule has 3 rings (SSSR count).